The molecule has 124 valence electrons. The van der Waals surface area contributed by atoms with E-state index in [1.54, 1.807) is 24.5 Å². The molecule has 0 saturated heterocycles. The Balaban J connectivity index is 2.06. The molecule has 3 rings (SSSR count). The standard InChI is InChI=1S/C18H14FN5S/c1-12(2)11-24-17(13-6-8-21-9-7-13)22-23-18(24)25-16-5-3-4-15(19)14(16)10-20/h3-9H,1,11H2,2H3. The second kappa shape index (κ2) is 7.28. The number of rotatable bonds is 5. The van der Waals surface area contributed by atoms with Crippen molar-refractivity contribution in [1.82, 2.24) is 19.7 Å². The van der Waals surface area contributed by atoms with Gasteiger partial charge in [-0.05, 0) is 43.0 Å². The number of benzene rings is 1. The normalized spacial score (nSPS) is 10.4. The van der Waals surface area contributed by atoms with Crippen molar-refractivity contribution in [3.63, 3.8) is 0 Å². The number of pyridine rings is 1. The largest absolute Gasteiger partial charge is 0.298 e. The predicted octanol–water partition coefficient (Wildman–Crippen LogP) is 4.08. The summed E-state index contributed by atoms with van der Waals surface area (Å²) in [6.45, 7) is 6.38. The van der Waals surface area contributed by atoms with Gasteiger partial charge in [-0.3, -0.25) is 9.55 Å². The molecule has 0 saturated carbocycles. The molecule has 25 heavy (non-hydrogen) atoms. The molecule has 2 aromatic heterocycles. The van der Waals surface area contributed by atoms with Crippen molar-refractivity contribution in [3.8, 4) is 17.5 Å². The molecule has 3 aromatic rings. The van der Waals surface area contributed by atoms with E-state index in [0.29, 0.717) is 22.4 Å². The highest BCUT2D eigenvalue weighted by Gasteiger charge is 2.17. The van der Waals surface area contributed by atoms with Gasteiger partial charge in [0.1, 0.15) is 17.4 Å². The highest BCUT2D eigenvalue weighted by atomic mass is 32.2. The molecule has 0 N–H and O–H groups in total. The molecule has 0 bridgehead atoms. The van der Waals surface area contributed by atoms with E-state index in [9.17, 15) is 9.65 Å². The van der Waals surface area contributed by atoms with Gasteiger partial charge in [0.2, 0.25) is 0 Å². The Hall–Kier alpha value is -2.98. The van der Waals surface area contributed by atoms with E-state index in [-0.39, 0.29) is 5.56 Å². The summed E-state index contributed by atoms with van der Waals surface area (Å²) >= 11 is 1.21. The monoisotopic (exact) mass is 351 g/mol. The molecule has 0 aliphatic rings. The molecule has 0 spiro atoms. The third kappa shape index (κ3) is 3.59. The number of aromatic nitrogens is 4. The van der Waals surface area contributed by atoms with E-state index >= 15 is 0 Å². The molecule has 0 aliphatic carbocycles. The molecule has 5 nitrogen and oxygen atoms in total. The lowest BCUT2D eigenvalue weighted by atomic mass is 10.2. The van der Waals surface area contributed by atoms with Crippen molar-refractivity contribution in [1.29, 1.82) is 5.26 Å². The lowest BCUT2D eigenvalue weighted by Crippen LogP contribution is -2.03. The SMILES string of the molecule is C=C(C)Cn1c(Sc2cccc(F)c2C#N)nnc1-c1ccncc1. The van der Waals surface area contributed by atoms with Crippen molar-refractivity contribution in [3.05, 3.63) is 66.3 Å². The highest BCUT2D eigenvalue weighted by molar-refractivity contribution is 7.99. The minimum atomic E-state index is -0.548. The summed E-state index contributed by atoms with van der Waals surface area (Å²) in [4.78, 5) is 4.51. The summed E-state index contributed by atoms with van der Waals surface area (Å²) in [5, 5.41) is 18.3. The zero-order chi connectivity index (χ0) is 17.8. The van der Waals surface area contributed by atoms with Crippen LogP contribution < -0.4 is 0 Å². The van der Waals surface area contributed by atoms with Crippen LogP contribution in [0.1, 0.15) is 12.5 Å². The van der Waals surface area contributed by atoms with E-state index in [1.165, 1.54) is 17.8 Å². The molecule has 0 amide bonds. The maximum atomic E-state index is 13.8. The molecule has 7 heteroatoms. The minimum Gasteiger partial charge on any atom is -0.298 e. The summed E-state index contributed by atoms with van der Waals surface area (Å²) in [5.41, 5.74) is 1.80. The molecular weight excluding hydrogens is 337 g/mol. The average Bonchev–Trinajstić information content (AvgIpc) is 2.98. The Bertz CT molecular complexity index is 959. The van der Waals surface area contributed by atoms with E-state index in [2.05, 4.69) is 21.8 Å². The van der Waals surface area contributed by atoms with Gasteiger partial charge in [0, 0.05) is 29.4 Å². The van der Waals surface area contributed by atoms with Gasteiger partial charge in [-0.15, -0.1) is 10.2 Å². The average molecular weight is 351 g/mol. The molecular formula is C18H14FN5S. The molecule has 1 aromatic carbocycles. The number of halogens is 1. The molecule has 0 atom stereocenters. The first-order chi connectivity index (χ1) is 12.1. The van der Waals surface area contributed by atoms with Crippen LogP contribution in [0.4, 0.5) is 4.39 Å². The van der Waals surface area contributed by atoms with Crippen molar-refractivity contribution in [2.45, 2.75) is 23.5 Å². The first-order valence-electron chi connectivity index (χ1n) is 7.44. The van der Waals surface area contributed by atoms with Gasteiger partial charge in [0.05, 0.1) is 0 Å². The van der Waals surface area contributed by atoms with E-state index < -0.39 is 5.82 Å². The van der Waals surface area contributed by atoms with Crippen LogP contribution in [0.2, 0.25) is 0 Å². The van der Waals surface area contributed by atoms with E-state index in [4.69, 9.17) is 0 Å². The number of nitrogens with zero attached hydrogens (tertiary/aromatic N) is 5. The third-order valence-corrected chi connectivity index (χ3v) is 4.42. The van der Waals surface area contributed by atoms with Gasteiger partial charge in [-0.2, -0.15) is 5.26 Å². The van der Waals surface area contributed by atoms with Crippen LogP contribution in [-0.4, -0.2) is 19.7 Å². The van der Waals surface area contributed by atoms with Crippen LogP contribution in [0, 0.1) is 17.1 Å². The van der Waals surface area contributed by atoms with Gasteiger partial charge in [0.25, 0.3) is 0 Å². The molecule has 0 fully saturated rings. The Kier molecular flexibility index (Phi) is 4.91. The van der Waals surface area contributed by atoms with Gasteiger partial charge < -0.3 is 0 Å². The summed E-state index contributed by atoms with van der Waals surface area (Å²) < 4.78 is 15.7. The van der Waals surface area contributed by atoms with Gasteiger partial charge >= 0.3 is 0 Å². The van der Waals surface area contributed by atoms with Crippen LogP contribution >= 0.6 is 11.8 Å². The molecule has 2 heterocycles. The maximum Gasteiger partial charge on any atom is 0.196 e. The Morgan fingerprint density at radius 1 is 1.28 bits per heavy atom. The zero-order valence-corrected chi connectivity index (χ0v) is 14.3. The topological polar surface area (TPSA) is 67.4 Å². The summed E-state index contributed by atoms with van der Waals surface area (Å²) in [6, 6.07) is 10.1. The van der Waals surface area contributed by atoms with Crippen molar-refractivity contribution in [2.24, 2.45) is 0 Å². The first-order valence-corrected chi connectivity index (χ1v) is 8.26. The quantitative estimate of drug-likeness (QED) is 0.648. The minimum absolute atomic E-state index is 0.00263. The first kappa shape index (κ1) is 16.9. The Morgan fingerprint density at radius 2 is 2.04 bits per heavy atom. The predicted molar refractivity (Wildman–Crippen MR) is 93.3 cm³/mol. The fraction of sp³-hybridized carbons (Fsp3) is 0.111. The van der Waals surface area contributed by atoms with Crippen LogP contribution in [0.5, 0.6) is 0 Å². The van der Waals surface area contributed by atoms with Crippen molar-refractivity contribution in [2.75, 3.05) is 0 Å². The smallest absolute Gasteiger partial charge is 0.196 e. The lowest BCUT2D eigenvalue weighted by Gasteiger charge is -2.10. The van der Waals surface area contributed by atoms with Crippen LogP contribution in [-0.2, 0) is 6.54 Å². The third-order valence-electron chi connectivity index (χ3n) is 3.37. The van der Waals surface area contributed by atoms with Crippen molar-refractivity contribution < 1.29 is 4.39 Å². The maximum absolute atomic E-state index is 13.8. The summed E-state index contributed by atoms with van der Waals surface area (Å²) in [5.74, 6) is 0.121. The Labute approximate surface area is 148 Å². The van der Waals surface area contributed by atoms with Crippen LogP contribution in [0.3, 0.4) is 0 Å². The van der Waals surface area contributed by atoms with Crippen LogP contribution in [0.15, 0.2) is 64.9 Å². The lowest BCUT2D eigenvalue weighted by molar-refractivity contribution is 0.619. The Morgan fingerprint density at radius 3 is 2.72 bits per heavy atom. The number of nitriles is 1. The summed E-state index contributed by atoms with van der Waals surface area (Å²) in [7, 11) is 0. The van der Waals surface area contributed by atoms with Gasteiger partial charge in [-0.25, -0.2) is 4.39 Å². The number of allylic oxidation sites excluding steroid dienone is 1. The van der Waals surface area contributed by atoms with Crippen molar-refractivity contribution >= 4 is 11.8 Å². The second-order valence-electron chi connectivity index (χ2n) is 5.41. The summed E-state index contributed by atoms with van der Waals surface area (Å²) in [6.07, 6.45) is 3.37. The van der Waals surface area contributed by atoms with Crippen LogP contribution in [0.25, 0.3) is 11.4 Å². The fourth-order valence-corrected chi connectivity index (χ4v) is 3.22. The zero-order valence-electron chi connectivity index (χ0n) is 13.5. The van der Waals surface area contributed by atoms with Gasteiger partial charge in [0.15, 0.2) is 11.0 Å². The van der Waals surface area contributed by atoms with E-state index in [1.807, 2.05) is 29.7 Å². The number of hydrogen-bond donors (Lipinski definition) is 0. The fourth-order valence-electron chi connectivity index (χ4n) is 2.29. The van der Waals surface area contributed by atoms with E-state index in [0.717, 1.165) is 11.1 Å². The van der Waals surface area contributed by atoms with Gasteiger partial charge in [-0.1, -0.05) is 18.2 Å². The second-order valence-corrected chi connectivity index (χ2v) is 6.42. The molecule has 0 unspecified atom stereocenters. The highest BCUT2D eigenvalue weighted by Crippen LogP contribution is 2.32. The molecule has 0 aliphatic heterocycles. The molecule has 0 radical (unpaired) electrons. The number of hydrogen-bond acceptors (Lipinski definition) is 5.